The van der Waals surface area contributed by atoms with Crippen LogP contribution in [0.2, 0.25) is 0 Å². The van der Waals surface area contributed by atoms with Crippen molar-refractivity contribution < 1.29 is 52.7 Å². The molecule has 3 aliphatic rings. The average Bonchev–Trinajstić information content (AvgIpc) is 3.27. The maximum atomic E-state index is 14.5. The van der Waals surface area contributed by atoms with E-state index in [0.717, 1.165) is 36.8 Å². The van der Waals surface area contributed by atoms with Crippen LogP contribution < -0.4 is 14.2 Å². The normalized spacial score (nSPS) is 23.1. The minimum Gasteiger partial charge on any atom is -0.496 e. The van der Waals surface area contributed by atoms with Crippen molar-refractivity contribution in [3.63, 3.8) is 0 Å². The standard InChI is InChI=1S/C48H57FN2O10/c1-5-7-25-58-47(55)51(30-32-14-16-35(49)17-15-32)44-29-41(50-57-4)39-27-33(12-8-10-22-52)38(13-9-11-23-53)45-40-28-37(60-36-18-20-42(56-3)34(26-36)31-54)19-21-43(40)61-48(44,46(39)45)59-24-6-2/h5-6,14-21,26-28,31,33,38,44-46,52-53H,1-2,7-13,22-25,29-30H2,3-4H3/t33-,38+,44-,45+,46+,48+/m0/s1. The lowest BCUT2D eigenvalue weighted by Gasteiger charge is -2.59. The van der Waals surface area contributed by atoms with Crippen LogP contribution in [0.3, 0.4) is 0 Å². The lowest BCUT2D eigenvalue weighted by molar-refractivity contribution is -0.256. The Hall–Kier alpha value is -5.50. The number of carbonyl (C=O) groups is 2. The minimum absolute atomic E-state index is 0.0173. The monoisotopic (exact) mass is 840 g/mol. The number of aldehydes is 1. The van der Waals surface area contributed by atoms with Gasteiger partial charge in [0.15, 0.2) is 6.29 Å². The summed E-state index contributed by atoms with van der Waals surface area (Å²) >= 11 is 0. The number of aliphatic hydroxyl groups is 2. The second-order valence-electron chi connectivity index (χ2n) is 15.5. The van der Waals surface area contributed by atoms with E-state index in [2.05, 4.69) is 24.4 Å². The Morgan fingerprint density at radius 3 is 2.41 bits per heavy atom. The van der Waals surface area contributed by atoms with Crippen molar-refractivity contribution in [3.8, 4) is 23.0 Å². The number of rotatable bonds is 22. The zero-order chi connectivity index (χ0) is 43.4. The Bertz CT molecular complexity index is 2050. The van der Waals surface area contributed by atoms with Crippen LogP contribution in [-0.2, 0) is 20.9 Å². The fourth-order valence-electron chi connectivity index (χ4n) is 9.23. The number of benzene rings is 3. The number of amides is 1. The van der Waals surface area contributed by atoms with Crippen molar-refractivity contribution in [3.05, 3.63) is 120 Å². The van der Waals surface area contributed by atoms with Gasteiger partial charge in [-0.1, -0.05) is 48.4 Å². The van der Waals surface area contributed by atoms with Gasteiger partial charge in [0.05, 0.1) is 37.5 Å². The summed E-state index contributed by atoms with van der Waals surface area (Å²) in [5.41, 5.74) is 3.33. The number of carbonyl (C=O) groups excluding carboxylic acids is 2. The molecule has 1 aliphatic heterocycles. The number of fused-ring (bicyclic) bond motifs is 2. The molecule has 1 saturated carbocycles. The van der Waals surface area contributed by atoms with E-state index in [1.165, 1.54) is 26.4 Å². The van der Waals surface area contributed by atoms with Crippen molar-refractivity contribution in [1.82, 2.24) is 4.90 Å². The number of oxime groups is 1. The number of methoxy groups -OCH3 is 1. The molecule has 6 atom stereocenters. The fraction of sp³-hybridized carbons (Fsp3) is 0.438. The molecule has 3 aromatic carbocycles. The van der Waals surface area contributed by atoms with E-state index in [1.807, 2.05) is 12.1 Å². The van der Waals surface area contributed by atoms with Crippen LogP contribution in [0.4, 0.5) is 9.18 Å². The zero-order valence-electron chi connectivity index (χ0n) is 35.0. The molecule has 1 fully saturated rings. The molecule has 0 saturated heterocycles. The SMILES string of the molecule is C=CCCOC(=O)N(Cc1ccc(F)cc1)[C@H]1CC(=NOC)C2=C[C@H](CCCCO)[C@@H](CCCCO)[C@@H]3c4cc(Oc5ccc(OC)c(C=O)c5)ccc4O[C@@]1(OCC=C)[C@H]23. The van der Waals surface area contributed by atoms with Gasteiger partial charge in [0.25, 0.3) is 0 Å². The van der Waals surface area contributed by atoms with Crippen molar-refractivity contribution in [2.45, 2.75) is 75.7 Å². The molecule has 0 bridgehead atoms. The largest absolute Gasteiger partial charge is 0.496 e. The number of allylic oxidation sites excluding steroid dienone is 1. The Kier molecular flexibility index (Phi) is 15.8. The van der Waals surface area contributed by atoms with Gasteiger partial charge in [0.1, 0.15) is 42.0 Å². The number of halogens is 1. The first kappa shape index (κ1) is 45.0. The molecule has 61 heavy (non-hydrogen) atoms. The molecule has 1 amide bonds. The number of ether oxygens (including phenoxy) is 5. The summed E-state index contributed by atoms with van der Waals surface area (Å²) in [6.07, 6.45) is 10.5. The summed E-state index contributed by atoms with van der Waals surface area (Å²) < 4.78 is 46.1. The molecule has 2 aliphatic carbocycles. The Morgan fingerprint density at radius 2 is 1.72 bits per heavy atom. The van der Waals surface area contributed by atoms with Gasteiger partial charge in [-0.25, -0.2) is 9.18 Å². The molecule has 6 rings (SSSR count). The fourth-order valence-corrected chi connectivity index (χ4v) is 9.23. The first-order valence-corrected chi connectivity index (χ1v) is 21.0. The van der Waals surface area contributed by atoms with Gasteiger partial charge in [0.2, 0.25) is 5.79 Å². The number of hydrogen-bond acceptors (Lipinski definition) is 11. The van der Waals surface area contributed by atoms with Crippen LogP contribution in [0.5, 0.6) is 23.0 Å². The Morgan fingerprint density at radius 1 is 0.984 bits per heavy atom. The predicted octanol–water partition coefficient (Wildman–Crippen LogP) is 8.92. The molecule has 0 unspecified atom stereocenters. The van der Waals surface area contributed by atoms with Gasteiger partial charge < -0.3 is 38.7 Å². The maximum Gasteiger partial charge on any atom is 0.410 e. The highest BCUT2D eigenvalue weighted by atomic mass is 19.1. The van der Waals surface area contributed by atoms with Crippen LogP contribution in [0.1, 0.15) is 78.8 Å². The van der Waals surface area contributed by atoms with Gasteiger partial charge in [-0.3, -0.25) is 9.69 Å². The topological polar surface area (TPSA) is 146 Å². The second kappa shape index (κ2) is 21.3. The minimum atomic E-state index is -1.54. The average molecular weight is 841 g/mol. The van der Waals surface area contributed by atoms with Crippen LogP contribution in [0, 0.1) is 23.6 Å². The third-order valence-corrected chi connectivity index (χ3v) is 11.8. The highest BCUT2D eigenvalue weighted by Crippen LogP contribution is 2.62. The number of aliphatic hydroxyl groups excluding tert-OH is 2. The van der Waals surface area contributed by atoms with Crippen molar-refractivity contribution in [2.75, 3.05) is 40.6 Å². The Balaban J connectivity index is 1.58. The van der Waals surface area contributed by atoms with E-state index in [1.54, 1.807) is 53.5 Å². The smallest absolute Gasteiger partial charge is 0.410 e. The van der Waals surface area contributed by atoms with Crippen molar-refractivity contribution >= 4 is 18.1 Å². The van der Waals surface area contributed by atoms with Gasteiger partial charge in [-0.15, -0.1) is 13.2 Å². The summed E-state index contributed by atoms with van der Waals surface area (Å²) in [5.74, 6) is -0.944. The third-order valence-electron chi connectivity index (χ3n) is 11.8. The van der Waals surface area contributed by atoms with Gasteiger partial charge in [-0.05, 0) is 104 Å². The van der Waals surface area contributed by atoms with Gasteiger partial charge in [-0.2, -0.15) is 0 Å². The molecule has 13 heteroatoms. The lowest BCUT2D eigenvalue weighted by Crippen LogP contribution is -2.70. The van der Waals surface area contributed by atoms with E-state index < -0.39 is 29.7 Å². The highest BCUT2D eigenvalue weighted by Gasteiger charge is 2.65. The summed E-state index contributed by atoms with van der Waals surface area (Å²) in [4.78, 5) is 33.5. The Labute approximate surface area is 357 Å². The summed E-state index contributed by atoms with van der Waals surface area (Å²) in [6.45, 7) is 8.07. The number of hydrogen-bond donors (Lipinski definition) is 2. The molecule has 12 nitrogen and oxygen atoms in total. The summed E-state index contributed by atoms with van der Waals surface area (Å²) in [5, 5.41) is 24.4. The van der Waals surface area contributed by atoms with Crippen molar-refractivity contribution in [1.29, 1.82) is 0 Å². The second-order valence-corrected chi connectivity index (χ2v) is 15.5. The molecule has 0 aromatic heterocycles. The molecular formula is C48H57FN2O10. The molecular weight excluding hydrogens is 784 g/mol. The van der Waals surface area contributed by atoms with Gasteiger partial charge >= 0.3 is 6.09 Å². The molecule has 1 heterocycles. The van der Waals surface area contributed by atoms with Crippen LogP contribution in [0.25, 0.3) is 0 Å². The predicted molar refractivity (Wildman–Crippen MR) is 229 cm³/mol. The molecule has 2 N–H and O–H groups in total. The third kappa shape index (κ3) is 10.0. The zero-order valence-corrected chi connectivity index (χ0v) is 35.0. The molecule has 0 radical (unpaired) electrons. The van der Waals surface area contributed by atoms with Crippen LogP contribution in [-0.4, -0.2) is 85.7 Å². The first-order chi connectivity index (χ1) is 29.7. The number of nitrogens with zero attached hydrogens (tertiary/aromatic N) is 2. The number of unbranched alkanes of at least 4 members (excludes halogenated alkanes) is 2. The molecule has 0 spiro atoms. The lowest BCUT2D eigenvalue weighted by atomic mass is 9.55. The van der Waals surface area contributed by atoms with E-state index in [9.17, 15) is 24.2 Å². The maximum absolute atomic E-state index is 14.5. The van der Waals surface area contributed by atoms with Crippen LogP contribution >= 0.6 is 0 Å². The first-order valence-electron chi connectivity index (χ1n) is 21.0. The highest BCUT2D eigenvalue weighted by molar-refractivity contribution is 6.03. The summed E-state index contributed by atoms with van der Waals surface area (Å²) in [6, 6.07) is 15.7. The quantitative estimate of drug-likeness (QED) is 0.0436. The van der Waals surface area contributed by atoms with Gasteiger partial charge in [0, 0.05) is 37.7 Å². The van der Waals surface area contributed by atoms with E-state index in [-0.39, 0.29) is 57.1 Å². The van der Waals surface area contributed by atoms with Crippen LogP contribution in [0.15, 0.2) is 103 Å². The molecule has 3 aromatic rings. The van der Waals surface area contributed by atoms with E-state index in [4.69, 9.17) is 28.5 Å². The van der Waals surface area contributed by atoms with E-state index >= 15 is 0 Å². The van der Waals surface area contributed by atoms with Crippen molar-refractivity contribution in [2.24, 2.45) is 22.9 Å². The summed E-state index contributed by atoms with van der Waals surface area (Å²) in [7, 11) is 2.99. The molecule has 326 valence electrons. The van der Waals surface area contributed by atoms with E-state index in [0.29, 0.717) is 65.4 Å².